The van der Waals surface area contributed by atoms with Gasteiger partial charge in [-0.05, 0) is 42.7 Å². The van der Waals surface area contributed by atoms with Crippen LogP contribution >= 0.6 is 24.0 Å². The van der Waals surface area contributed by atoms with Crippen molar-refractivity contribution < 1.29 is 13.9 Å². The molecule has 8 heteroatoms. The molecule has 2 heterocycles. The van der Waals surface area contributed by atoms with Crippen molar-refractivity contribution in [1.29, 1.82) is 0 Å². The summed E-state index contributed by atoms with van der Waals surface area (Å²) in [6.07, 6.45) is 3.34. The van der Waals surface area contributed by atoms with Gasteiger partial charge >= 0.3 is 0 Å². The van der Waals surface area contributed by atoms with Crippen LogP contribution in [0, 0.1) is 0 Å². The lowest BCUT2D eigenvalue weighted by Gasteiger charge is -2.11. The number of ether oxygens (including phenoxy) is 1. The zero-order chi connectivity index (χ0) is 18.9. The number of fused-ring (bicyclic) bond motifs is 1. The Morgan fingerprint density at radius 2 is 2.04 bits per heavy atom. The van der Waals surface area contributed by atoms with Crippen LogP contribution in [0.5, 0.6) is 5.75 Å². The minimum atomic E-state index is -0.218. The first kappa shape index (κ1) is 22.1. The average Bonchev–Trinajstić information content (AvgIpc) is 3.36. The summed E-state index contributed by atoms with van der Waals surface area (Å²) in [6.45, 7) is 5.33. The molecule has 1 aliphatic rings. The highest BCUT2D eigenvalue weighted by atomic mass is 127. The average molecular weight is 498 g/mol. The summed E-state index contributed by atoms with van der Waals surface area (Å²) < 4.78 is 10.6. The Bertz CT molecular complexity index is 778. The number of hydrogen-bond donors (Lipinski definition) is 3. The highest BCUT2D eigenvalue weighted by Gasteiger charge is 2.11. The Morgan fingerprint density at radius 1 is 1.18 bits per heavy atom. The summed E-state index contributed by atoms with van der Waals surface area (Å²) in [4.78, 5) is 16.4. The van der Waals surface area contributed by atoms with Crippen LogP contribution in [-0.4, -0.2) is 44.7 Å². The number of guanidine groups is 1. The lowest BCUT2D eigenvalue weighted by Crippen LogP contribution is -2.41. The zero-order valence-electron chi connectivity index (χ0n) is 16.0. The van der Waals surface area contributed by atoms with Crippen LogP contribution in [-0.2, 0) is 12.8 Å². The number of carbonyl (C=O) groups excluding carboxylic acids is 1. The molecule has 0 unspecified atom stereocenters. The van der Waals surface area contributed by atoms with Crippen molar-refractivity contribution in [3.05, 3.63) is 53.5 Å². The highest BCUT2D eigenvalue weighted by molar-refractivity contribution is 14.0. The number of nitrogens with zero attached hydrogens (tertiary/aromatic N) is 1. The molecule has 1 aliphatic heterocycles. The first-order valence-corrected chi connectivity index (χ1v) is 9.34. The molecular weight excluding hydrogens is 471 g/mol. The van der Waals surface area contributed by atoms with E-state index in [0.717, 1.165) is 37.7 Å². The number of nitrogens with one attached hydrogen (secondary N) is 3. The first-order chi connectivity index (χ1) is 13.3. The summed E-state index contributed by atoms with van der Waals surface area (Å²) in [5, 5.41) is 9.24. The molecular formula is C20H27IN4O3. The smallest absolute Gasteiger partial charge is 0.287 e. The fourth-order valence-corrected chi connectivity index (χ4v) is 2.89. The molecule has 3 rings (SSSR count). The monoisotopic (exact) mass is 498 g/mol. The van der Waals surface area contributed by atoms with E-state index in [0.29, 0.717) is 25.4 Å². The second-order valence-electron chi connectivity index (χ2n) is 6.21. The number of carbonyl (C=O) groups is 1. The second-order valence-corrected chi connectivity index (χ2v) is 6.21. The third-order valence-electron chi connectivity index (χ3n) is 4.22. The van der Waals surface area contributed by atoms with Gasteiger partial charge in [0.2, 0.25) is 0 Å². The van der Waals surface area contributed by atoms with Gasteiger partial charge in [-0.2, -0.15) is 0 Å². The van der Waals surface area contributed by atoms with Crippen molar-refractivity contribution in [1.82, 2.24) is 16.0 Å². The Morgan fingerprint density at radius 3 is 2.82 bits per heavy atom. The maximum Gasteiger partial charge on any atom is 0.287 e. The van der Waals surface area contributed by atoms with Crippen LogP contribution in [0.2, 0.25) is 0 Å². The van der Waals surface area contributed by atoms with E-state index in [4.69, 9.17) is 9.15 Å². The largest absolute Gasteiger partial charge is 0.493 e. The van der Waals surface area contributed by atoms with E-state index in [1.165, 1.54) is 17.4 Å². The standard InChI is InChI=1S/C20H26N4O3.HI/c1-2-21-20(24-11-10-22-19(25)18-4-3-12-26-18)23-9-7-15-5-6-17-16(14-15)8-13-27-17;/h3-6,12,14H,2,7-11,13H2,1H3,(H,22,25)(H2,21,23,24);1H. The molecule has 152 valence electrons. The molecule has 0 saturated carbocycles. The van der Waals surface area contributed by atoms with Gasteiger partial charge in [0, 0.05) is 32.6 Å². The lowest BCUT2D eigenvalue weighted by molar-refractivity contribution is 0.0926. The molecule has 0 atom stereocenters. The van der Waals surface area contributed by atoms with E-state index in [2.05, 4.69) is 33.1 Å². The van der Waals surface area contributed by atoms with E-state index in [1.54, 1.807) is 12.1 Å². The first-order valence-electron chi connectivity index (χ1n) is 9.34. The minimum absolute atomic E-state index is 0. The second kappa shape index (κ2) is 11.6. The SMILES string of the molecule is CCNC(=NCCc1ccc2c(c1)CCO2)NCCNC(=O)c1ccco1.I. The maximum atomic E-state index is 11.8. The Kier molecular flexibility index (Phi) is 9.12. The summed E-state index contributed by atoms with van der Waals surface area (Å²) in [5.41, 5.74) is 2.55. The molecule has 1 aromatic carbocycles. The number of halogens is 1. The molecule has 2 aromatic rings. The van der Waals surface area contributed by atoms with Crippen LogP contribution in [0.1, 0.15) is 28.6 Å². The summed E-state index contributed by atoms with van der Waals surface area (Å²) >= 11 is 0. The van der Waals surface area contributed by atoms with Gasteiger partial charge in [0.05, 0.1) is 12.9 Å². The fraction of sp³-hybridized carbons (Fsp3) is 0.400. The van der Waals surface area contributed by atoms with Crippen LogP contribution in [0.15, 0.2) is 46.0 Å². The van der Waals surface area contributed by atoms with Gasteiger partial charge in [-0.25, -0.2) is 0 Å². The molecule has 0 aliphatic carbocycles. The summed E-state index contributed by atoms with van der Waals surface area (Å²) in [5.74, 6) is 1.85. The van der Waals surface area contributed by atoms with Gasteiger partial charge in [0.15, 0.2) is 11.7 Å². The van der Waals surface area contributed by atoms with Crippen molar-refractivity contribution >= 4 is 35.8 Å². The number of furan rings is 1. The molecule has 0 spiro atoms. The van der Waals surface area contributed by atoms with E-state index in [1.807, 2.05) is 13.0 Å². The van der Waals surface area contributed by atoms with E-state index < -0.39 is 0 Å². The van der Waals surface area contributed by atoms with E-state index in [-0.39, 0.29) is 29.9 Å². The van der Waals surface area contributed by atoms with Crippen molar-refractivity contribution in [3.63, 3.8) is 0 Å². The number of benzene rings is 1. The van der Waals surface area contributed by atoms with Crippen LogP contribution in [0.3, 0.4) is 0 Å². The number of hydrogen-bond acceptors (Lipinski definition) is 4. The third-order valence-corrected chi connectivity index (χ3v) is 4.22. The molecule has 0 fully saturated rings. The molecule has 0 bridgehead atoms. The molecule has 1 aromatic heterocycles. The van der Waals surface area contributed by atoms with Crippen molar-refractivity contribution in [2.75, 3.05) is 32.8 Å². The van der Waals surface area contributed by atoms with Gasteiger partial charge in [-0.15, -0.1) is 24.0 Å². The Hall–Kier alpha value is -2.23. The van der Waals surface area contributed by atoms with E-state index in [9.17, 15) is 4.79 Å². The fourth-order valence-electron chi connectivity index (χ4n) is 2.89. The number of amides is 1. The topological polar surface area (TPSA) is 87.9 Å². The maximum absolute atomic E-state index is 11.8. The summed E-state index contributed by atoms with van der Waals surface area (Å²) in [6, 6.07) is 9.69. The van der Waals surface area contributed by atoms with Gasteiger partial charge in [0.25, 0.3) is 5.91 Å². The van der Waals surface area contributed by atoms with Gasteiger partial charge in [-0.3, -0.25) is 9.79 Å². The van der Waals surface area contributed by atoms with Crippen molar-refractivity contribution in [2.45, 2.75) is 19.8 Å². The number of aliphatic imine (C=N–C) groups is 1. The molecule has 1 amide bonds. The lowest BCUT2D eigenvalue weighted by atomic mass is 10.1. The molecule has 3 N–H and O–H groups in total. The normalized spacial score (nSPS) is 12.5. The quantitative estimate of drug-likeness (QED) is 0.225. The predicted octanol–water partition coefficient (Wildman–Crippen LogP) is 2.36. The summed E-state index contributed by atoms with van der Waals surface area (Å²) in [7, 11) is 0. The van der Waals surface area contributed by atoms with Gasteiger partial charge in [0.1, 0.15) is 5.75 Å². The number of rotatable bonds is 8. The molecule has 28 heavy (non-hydrogen) atoms. The van der Waals surface area contributed by atoms with Crippen LogP contribution in [0.4, 0.5) is 0 Å². The molecule has 0 radical (unpaired) electrons. The highest BCUT2D eigenvalue weighted by Crippen LogP contribution is 2.25. The van der Waals surface area contributed by atoms with Crippen LogP contribution < -0.4 is 20.7 Å². The predicted molar refractivity (Wildman–Crippen MR) is 120 cm³/mol. The van der Waals surface area contributed by atoms with Gasteiger partial charge in [-0.1, -0.05) is 12.1 Å². The van der Waals surface area contributed by atoms with Crippen molar-refractivity contribution in [2.24, 2.45) is 4.99 Å². The molecule has 0 saturated heterocycles. The van der Waals surface area contributed by atoms with Crippen LogP contribution in [0.25, 0.3) is 0 Å². The van der Waals surface area contributed by atoms with Crippen molar-refractivity contribution in [3.8, 4) is 5.75 Å². The third kappa shape index (κ3) is 6.43. The zero-order valence-corrected chi connectivity index (χ0v) is 18.3. The Balaban J connectivity index is 0.00000280. The Labute approximate surface area is 182 Å². The van der Waals surface area contributed by atoms with E-state index >= 15 is 0 Å². The molecule has 7 nitrogen and oxygen atoms in total. The van der Waals surface area contributed by atoms with Gasteiger partial charge < -0.3 is 25.1 Å². The minimum Gasteiger partial charge on any atom is -0.493 e.